The molecule has 6 nitrogen and oxygen atoms in total. The van der Waals surface area contributed by atoms with Gasteiger partial charge in [0, 0.05) is 12.4 Å². The molecule has 0 fully saturated rings. The van der Waals surface area contributed by atoms with Gasteiger partial charge in [-0.25, -0.2) is 9.67 Å². The lowest BCUT2D eigenvalue weighted by atomic mass is 10.1. The summed E-state index contributed by atoms with van der Waals surface area (Å²) in [6.45, 7) is 0.405. The quantitative estimate of drug-likeness (QED) is 0.743. The summed E-state index contributed by atoms with van der Waals surface area (Å²) in [5.74, 6) is 0. The second kappa shape index (κ2) is 5.57. The Hall–Kier alpha value is -3.15. The van der Waals surface area contributed by atoms with Crippen LogP contribution >= 0.6 is 0 Å². The average Bonchev–Trinajstić information content (AvgIpc) is 3.18. The lowest BCUT2D eigenvalue weighted by Crippen LogP contribution is -2.09. The third kappa shape index (κ3) is 3.06. The molecule has 0 aliphatic rings. The number of benzene rings is 1. The molecular weight excluding hydrogens is 309 g/mol. The summed E-state index contributed by atoms with van der Waals surface area (Å²) in [5.41, 5.74) is -0.675. The second-order valence-electron chi connectivity index (χ2n) is 4.73. The van der Waals surface area contributed by atoms with E-state index in [4.69, 9.17) is 5.26 Å². The first kappa shape index (κ1) is 14.8. The molecule has 2 heterocycles. The van der Waals surface area contributed by atoms with Gasteiger partial charge in [0.1, 0.15) is 5.69 Å². The van der Waals surface area contributed by atoms with Crippen molar-refractivity contribution in [3.63, 3.8) is 0 Å². The van der Waals surface area contributed by atoms with E-state index in [1.807, 2.05) is 0 Å². The van der Waals surface area contributed by atoms with E-state index in [9.17, 15) is 13.2 Å². The molecule has 0 aliphatic heterocycles. The molecule has 2 aromatic heterocycles. The largest absolute Gasteiger partial charge is 0.417 e. The number of alkyl halides is 3. The van der Waals surface area contributed by atoms with Gasteiger partial charge in [0.2, 0.25) is 0 Å². The van der Waals surface area contributed by atoms with Gasteiger partial charge in [0.15, 0.2) is 0 Å². The average molecular weight is 318 g/mol. The molecule has 0 unspecified atom stereocenters. The fourth-order valence-corrected chi connectivity index (χ4v) is 2.07. The molecular formula is C14H9F3N6. The fourth-order valence-electron chi connectivity index (χ4n) is 2.07. The predicted molar refractivity (Wildman–Crippen MR) is 72.4 cm³/mol. The molecule has 0 bridgehead atoms. The Bertz CT molecular complexity index is 858. The minimum atomic E-state index is -4.61. The molecule has 3 aromatic rings. The van der Waals surface area contributed by atoms with Gasteiger partial charge in [-0.2, -0.15) is 18.4 Å². The molecule has 0 radical (unpaired) electrons. The number of nitriles is 1. The van der Waals surface area contributed by atoms with Gasteiger partial charge in [-0.05, 0) is 18.2 Å². The van der Waals surface area contributed by atoms with Gasteiger partial charge in [-0.1, -0.05) is 5.21 Å². The smallest absolute Gasteiger partial charge is 0.331 e. The number of aromatic nitrogens is 5. The van der Waals surface area contributed by atoms with Crippen molar-refractivity contribution in [2.45, 2.75) is 12.7 Å². The van der Waals surface area contributed by atoms with E-state index in [0.717, 1.165) is 12.1 Å². The maximum absolute atomic E-state index is 13.0. The van der Waals surface area contributed by atoms with Crippen molar-refractivity contribution in [2.75, 3.05) is 0 Å². The molecule has 9 heteroatoms. The van der Waals surface area contributed by atoms with Crippen molar-refractivity contribution in [3.05, 3.63) is 59.9 Å². The minimum Gasteiger partial charge on any atom is -0.331 e. The summed E-state index contributed by atoms with van der Waals surface area (Å²) in [6, 6.07) is 4.94. The van der Waals surface area contributed by atoms with E-state index in [0.29, 0.717) is 12.2 Å². The van der Waals surface area contributed by atoms with Crippen molar-refractivity contribution < 1.29 is 13.2 Å². The molecule has 0 amide bonds. The molecule has 0 aliphatic carbocycles. The predicted octanol–water partition coefficient (Wildman–Crippen LogP) is 2.40. The highest BCUT2D eigenvalue weighted by atomic mass is 19.4. The number of rotatable bonds is 3. The molecule has 116 valence electrons. The van der Waals surface area contributed by atoms with E-state index in [-0.39, 0.29) is 5.69 Å². The zero-order chi connectivity index (χ0) is 16.4. The number of hydrogen-bond donors (Lipinski definition) is 0. The van der Waals surface area contributed by atoms with Gasteiger partial charge in [0.05, 0.1) is 42.0 Å². The van der Waals surface area contributed by atoms with Crippen LogP contribution in [0.2, 0.25) is 0 Å². The summed E-state index contributed by atoms with van der Waals surface area (Å²) < 4.78 is 41.9. The highest BCUT2D eigenvalue weighted by Crippen LogP contribution is 2.33. The van der Waals surface area contributed by atoms with E-state index in [1.165, 1.54) is 16.9 Å². The molecule has 3 rings (SSSR count). The van der Waals surface area contributed by atoms with E-state index in [2.05, 4.69) is 15.3 Å². The van der Waals surface area contributed by atoms with Gasteiger partial charge in [-0.15, -0.1) is 5.10 Å². The number of nitrogens with zero attached hydrogens (tertiary/aromatic N) is 6. The number of imidazole rings is 1. The Morgan fingerprint density at radius 1 is 1.26 bits per heavy atom. The summed E-state index contributed by atoms with van der Waals surface area (Å²) in [7, 11) is 0. The molecule has 0 N–H and O–H groups in total. The van der Waals surface area contributed by atoms with Crippen LogP contribution < -0.4 is 0 Å². The van der Waals surface area contributed by atoms with Crippen molar-refractivity contribution in [1.29, 1.82) is 5.26 Å². The SMILES string of the molecule is N#Cc1ccc(-n2cc(Cn3ccnc3)nn2)cc1C(F)(F)F. The molecule has 1 aromatic carbocycles. The highest BCUT2D eigenvalue weighted by Gasteiger charge is 2.34. The van der Waals surface area contributed by atoms with E-state index in [1.54, 1.807) is 29.4 Å². The Kier molecular flexibility index (Phi) is 3.57. The van der Waals surface area contributed by atoms with Crippen LogP contribution in [0.1, 0.15) is 16.8 Å². The summed E-state index contributed by atoms with van der Waals surface area (Å²) in [4.78, 5) is 3.89. The minimum absolute atomic E-state index is 0.181. The summed E-state index contributed by atoms with van der Waals surface area (Å²) in [6.07, 6.45) is 1.87. The molecule has 0 spiro atoms. The monoisotopic (exact) mass is 318 g/mol. The van der Waals surface area contributed by atoms with Crippen LogP contribution in [0.25, 0.3) is 5.69 Å². The lowest BCUT2D eigenvalue weighted by Gasteiger charge is -2.10. The van der Waals surface area contributed by atoms with Crippen molar-refractivity contribution in [3.8, 4) is 11.8 Å². The highest BCUT2D eigenvalue weighted by molar-refractivity contribution is 5.47. The first-order valence-corrected chi connectivity index (χ1v) is 6.46. The first-order chi connectivity index (χ1) is 11.0. The topological polar surface area (TPSA) is 72.3 Å². The Balaban J connectivity index is 1.93. The van der Waals surface area contributed by atoms with Crippen molar-refractivity contribution in [2.24, 2.45) is 0 Å². The molecule has 0 saturated heterocycles. The van der Waals surface area contributed by atoms with Gasteiger partial charge >= 0.3 is 6.18 Å². The van der Waals surface area contributed by atoms with Crippen molar-refractivity contribution in [1.82, 2.24) is 24.5 Å². The summed E-state index contributed by atoms with van der Waals surface area (Å²) in [5, 5.41) is 16.5. The standard InChI is InChI=1S/C14H9F3N6/c15-14(16,17)13-5-12(2-1-10(13)6-18)23-8-11(20-21-23)7-22-4-3-19-9-22/h1-5,8-9H,7H2. The van der Waals surface area contributed by atoms with Gasteiger partial charge < -0.3 is 4.57 Å². The molecule has 0 saturated carbocycles. The third-order valence-electron chi connectivity index (χ3n) is 3.14. The van der Waals surface area contributed by atoms with Crippen molar-refractivity contribution >= 4 is 0 Å². The summed E-state index contributed by atoms with van der Waals surface area (Å²) >= 11 is 0. The molecule has 23 heavy (non-hydrogen) atoms. The van der Waals surface area contributed by atoms with E-state index < -0.39 is 17.3 Å². The zero-order valence-electron chi connectivity index (χ0n) is 11.6. The maximum atomic E-state index is 13.0. The van der Waals surface area contributed by atoms with Crippen LogP contribution in [-0.4, -0.2) is 24.5 Å². The lowest BCUT2D eigenvalue weighted by molar-refractivity contribution is -0.137. The van der Waals surface area contributed by atoms with Gasteiger partial charge in [-0.3, -0.25) is 0 Å². The maximum Gasteiger partial charge on any atom is 0.417 e. The second-order valence-corrected chi connectivity index (χ2v) is 4.73. The number of hydrogen-bond acceptors (Lipinski definition) is 4. The Morgan fingerprint density at radius 3 is 2.74 bits per heavy atom. The van der Waals surface area contributed by atoms with Crippen LogP contribution in [0.4, 0.5) is 13.2 Å². The van der Waals surface area contributed by atoms with Crippen LogP contribution in [0, 0.1) is 11.3 Å². The zero-order valence-corrected chi connectivity index (χ0v) is 11.6. The fraction of sp³-hybridized carbons (Fsp3) is 0.143. The van der Waals surface area contributed by atoms with Crippen LogP contribution in [-0.2, 0) is 12.7 Å². The van der Waals surface area contributed by atoms with E-state index >= 15 is 0 Å². The number of halogens is 3. The first-order valence-electron chi connectivity index (χ1n) is 6.46. The van der Waals surface area contributed by atoms with Gasteiger partial charge in [0.25, 0.3) is 0 Å². The Labute approximate surface area is 128 Å². The van der Waals surface area contributed by atoms with Crippen LogP contribution in [0.5, 0.6) is 0 Å². The normalized spacial score (nSPS) is 11.4. The van der Waals surface area contributed by atoms with Crippen LogP contribution in [0.3, 0.4) is 0 Å². The third-order valence-corrected chi connectivity index (χ3v) is 3.14. The van der Waals surface area contributed by atoms with Crippen LogP contribution in [0.15, 0.2) is 43.1 Å². The molecule has 0 atom stereocenters. The Morgan fingerprint density at radius 2 is 2.09 bits per heavy atom.